The summed E-state index contributed by atoms with van der Waals surface area (Å²) >= 11 is 0. The van der Waals surface area contributed by atoms with Crippen molar-refractivity contribution in [2.75, 3.05) is 13.2 Å². The minimum atomic E-state index is -1.00. The average molecular weight is 478 g/mol. The predicted octanol–water partition coefficient (Wildman–Crippen LogP) is 4.15. The van der Waals surface area contributed by atoms with Crippen molar-refractivity contribution >= 4 is 16.7 Å². The third-order valence-electron chi connectivity index (χ3n) is 5.46. The number of pyridine rings is 1. The first-order chi connectivity index (χ1) is 17.0. The summed E-state index contributed by atoms with van der Waals surface area (Å²) < 4.78 is 33.9. The number of halogens is 2. The van der Waals surface area contributed by atoms with E-state index in [1.54, 1.807) is 49.6 Å². The van der Waals surface area contributed by atoms with E-state index in [1.165, 1.54) is 10.7 Å². The molecule has 0 saturated heterocycles. The second-order valence-corrected chi connectivity index (χ2v) is 7.94. The topological polar surface area (TPSA) is 77.3 Å². The van der Waals surface area contributed by atoms with Crippen LogP contribution in [0.5, 0.6) is 0 Å². The lowest BCUT2D eigenvalue weighted by atomic mass is 10.0. The van der Waals surface area contributed by atoms with Crippen molar-refractivity contribution in [3.05, 3.63) is 94.5 Å². The van der Waals surface area contributed by atoms with Crippen LogP contribution in [0.15, 0.2) is 71.8 Å². The number of hydrogen-bond acceptors (Lipinski definition) is 6. The van der Waals surface area contributed by atoms with E-state index in [1.807, 2.05) is 11.0 Å². The Morgan fingerprint density at radius 2 is 1.86 bits per heavy atom. The summed E-state index contributed by atoms with van der Waals surface area (Å²) in [4.78, 5) is 31.3. The zero-order valence-electron chi connectivity index (χ0n) is 19.2. The molecule has 0 unspecified atom stereocenters. The monoisotopic (exact) mass is 478 g/mol. The number of rotatable bonds is 9. The molecule has 4 rings (SSSR count). The van der Waals surface area contributed by atoms with Crippen LogP contribution in [0.1, 0.15) is 18.9 Å². The van der Waals surface area contributed by atoms with Gasteiger partial charge in [-0.3, -0.25) is 19.5 Å². The van der Waals surface area contributed by atoms with Crippen LogP contribution in [0.25, 0.3) is 22.0 Å². The van der Waals surface area contributed by atoms with Crippen LogP contribution in [-0.2, 0) is 22.7 Å². The lowest BCUT2D eigenvalue weighted by Gasteiger charge is -2.23. The number of benzene rings is 2. The van der Waals surface area contributed by atoms with Gasteiger partial charge in [-0.2, -0.15) is 5.10 Å². The van der Waals surface area contributed by atoms with E-state index in [4.69, 9.17) is 4.74 Å². The van der Waals surface area contributed by atoms with Gasteiger partial charge in [0.2, 0.25) is 0 Å². The fourth-order valence-electron chi connectivity index (χ4n) is 3.81. The quantitative estimate of drug-likeness (QED) is 0.337. The van der Waals surface area contributed by atoms with Crippen molar-refractivity contribution < 1.29 is 18.3 Å². The Morgan fingerprint density at radius 3 is 2.57 bits per heavy atom. The summed E-state index contributed by atoms with van der Waals surface area (Å²) in [5.41, 5.74) is 1.26. The number of nitrogens with zero attached hydrogens (tertiary/aromatic N) is 4. The van der Waals surface area contributed by atoms with Gasteiger partial charge in [0.05, 0.1) is 30.8 Å². The van der Waals surface area contributed by atoms with E-state index >= 15 is 0 Å². The van der Waals surface area contributed by atoms with Crippen LogP contribution < -0.4 is 5.56 Å². The van der Waals surface area contributed by atoms with E-state index in [0.29, 0.717) is 35.1 Å². The number of carbonyl (C=O) groups is 1. The Kier molecular flexibility index (Phi) is 7.57. The number of fused-ring (bicyclic) bond motifs is 1. The number of hydrogen-bond donors (Lipinski definition) is 0. The lowest BCUT2D eigenvalue weighted by Crippen LogP contribution is -2.35. The standard InChI is InChI=1S/C26H24F2N4O3/c1-2-35-24(33)11-13-31(16-18-6-5-12-29-15-18)17-32-26(34)21-8-4-3-7-20(21)25(30-32)19-9-10-22(27)23(28)14-19/h3-10,12,14-15H,2,11,13,16-17H2,1H3. The van der Waals surface area contributed by atoms with Crippen molar-refractivity contribution in [2.45, 2.75) is 26.6 Å². The van der Waals surface area contributed by atoms with E-state index in [0.717, 1.165) is 17.7 Å². The normalized spacial score (nSPS) is 11.2. The molecule has 0 spiro atoms. The van der Waals surface area contributed by atoms with Crippen LogP contribution in [0.3, 0.4) is 0 Å². The maximum absolute atomic E-state index is 14.0. The van der Waals surface area contributed by atoms with Crippen LogP contribution in [0.2, 0.25) is 0 Å². The largest absolute Gasteiger partial charge is 0.466 e. The van der Waals surface area contributed by atoms with Crippen molar-refractivity contribution in [1.29, 1.82) is 0 Å². The van der Waals surface area contributed by atoms with Crippen molar-refractivity contribution in [2.24, 2.45) is 0 Å². The summed E-state index contributed by atoms with van der Waals surface area (Å²) in [6.07, 6.45) is 3.50. The molecule has 35 heavy (non-hydrogen) atoms. The second-order valence-electron chi connectivity index (χ2n) is 7.94. The predicted molar refractivity (Wildman–Crippen MR) is 127 cm³/mol. The van der Waals surface area contributed by atoms with Gasteiger partial charge in [-0.25, -0.2) is 13.5 Å². The van der Waals surface area contributed by atoms with Crippen molar-refractivity contribution in [1.82, 2.24) is 19.7 Å². The van der Waals surface area contributed by atoms with E-state index in [2.05, 4.69) is 10.1 Å². The maximum Gasteiger partial charge on any atom is 0.307 e. The molecular weight excluding hydrogens is 454 g/mol. The van der Waals surface area contributed by atoms with Gasteiger partial charge in [-0.05, 0) is 42.8 Å². The highest BCUT2D eigenvalue weighted by Gasteiger charge is 2.17. The molecule has 0 amide bonds. The smallest absolute Gasteiger partial charge is 0.307 e. The van der Waals surface area contributed by atoms with Gasteiger partial charge < -0.3 is 4.74 Å². The molecular formula is C26H24F2N4O3. The molecule has 0 bridgehead atoms. The summed E-state index contributed by atoms with van der Waals surface area (Å²) in [6, 6.07) is 14.1. The summed E-state index contributed by atoms with van der Waals surface area (Å²) in [6.45, 7) is 2.81. The number of aromatic nitrogens is 3. The Hall–Kier alpha value is -3.98. The fraction of sp³-hybridized carbons (Fsp3) is 0.231. The Bertz CT molecular complexity index is 1390. The number of ether oxygens (including phenoxy) is 1. The molecule has 9 heteroatoms. The molecule has 2 aromatic heterocycles. The van der Waals surface area contributed by atoms with Crippen LogP contribution in [0.4, 0.5) is 8.78 Å². The van der Waals surface area contributed by atoms with Gasteiger partial charge in [0, 0.05) is 36.4 Å². The third kappa shape index (κ3) is 5.75. The molecule has 0 fully saturated rings. The second kappa shape index (κ2) is 11.0. The molecule has 180 valence electrons. The van der Waals surface area contributed by atoms with Gasteiger partial charge >= 0.3 is 5.97 Å². The summed E-state index contributed by atoms with van der Waals surface area (Å²) in [5.74, 6) is -2.31. The van der Waals surface area contributed by atoms with Gasteiger partial charge in [-0.15, -0.1) is 0 Å². The Balaban J connectivity index is 1.74. The van der Waals surface area contributed by atoms with E-state index in [-0.39, 0.29) is 31.2 Å². The molecule has 0 radical (unpaired) electrons. The van der Waals surface area contributed by atoms with Crippen molar-refractivity contribution in [3.8, 4) is 11.3 Å². The molecule has 0 aliphatic heterocycles. The molecule has 0 N–H and O–H groups in total. The van der Waals surface area contributed by atoms with Gasteiger partial charge in [0.15, 0.2) is 11.6 Å². The zero-order valence-corrected chi connectivity index (χ0v) is 19.2. The molecule has 2 heterocycles. The fourth-order valence-corrected chi connectivity index (χ4v) is 3.81. The van der Waals surface area contributed by atoms with Crippen LogP contribution in [-0.4, -0.2) is 38.8 Å². The SMILES string of the molecule is CCOC(=O)CCN(Cc1cccnc1)Cn1nc(-c2ccc(F)c(F)c2)c2ccccc2c1=O. The van der Waals surface area contributed by atoms with Gasteiger partial charge in [0.1, 0.15) is 0 Å². The molecule has 0 aliphatic rings. The van der Waals surface area contributed by atoms with Gasteiger partial charge in [0.25, 0.3) is 5.56 Å². The minimum Gasteiger partial charge on any atom is -0.466 e. The highest BCUT2D eigenvalue weighted by molar-refractivity contribution is 5.93. The van der Waals surface area contributed by atoms with Crippen LogP contribution in [0, 0.1) is 11.6 Å². The number of carbonyl (C=O) groups excluding carboxylic acids is 1. The van der Waals surface area contributed by atoms with Crippen molar-refractivity contribution in [3.63, 3.8) is 0 Å². The highest BCUT2D eigenvalue weighted by atomic mass is 19.2. The van der Waals surface area contributed by atoms with E-state index in [9.17, 15) is 18.4 Å². The minimum absolute atomic E-state index is 0.0641. The lowest BCUT2D eigenvalue weighted by molar-refractivity contribution is -0.143. The first-order valence-corrected chi connectivity index (χ1v) is 11.2. The zero-order chi connectivity index (χ0) is 24.8. The third-order valence-corrected chi connectivity index (χ3v) is 5.46. The average Bonchev–Trinajstić information content (AvgIpc) is 2.87. The van der Waals surface area contributed by atoms with Crippen LogP contribution >= 0.6 is 0 Å². The van der Waals surface area contributed by atoms with E-state index < -0.39 is 11.6 Å². The molecule has 0 saturated carbocycles. The Labute approximate surface area is 200 Å². The first-order valence-electron chi connectivity index (χ1n) is 11.2. The Morgan fingerprint density at radius 1 is 1.06 bits per heavy atom. The molecule has 2 aromatic carbocycles. The first kappa shape index (κ1) is 24.2. The number of esters is 1. The molecule has 4 aromatic rings. The maximum atomic E-state index is 14.0. The molecule has 0 atom stereocenters. The summed E-state index contributed by atoms with van der Waals surface area (Å²) in [7, 11) is 0. The van der Waals surface area contributed by atoms with Gasteiger partial charge in [-0.1, -0.05) is 24.3 Å². The highest BCUT2D eigenvalue weighted by Crippen LogP contribution is 2.26. The molecule has 0 aliphatic carbocycles. The molecule has 7 nitrogen and oxygen atoms in total. The summed E-state index contributed by atoms with van der Waals surface area (Å²) in [5, 5.41) is 5.46.